The molecule has 56 valence electrons. The fourth-order valence-corrected chi connectivity index (χ4v) is 1.71. The molecule has 0 spiro atoms. The Morgan fingerprint density at radius 3 is 2.70 bits per heavy atom. The Labute approximate surface area is 70.9 Å². The van der Waals surface area contributed by atoms with E-state index in [1.807, 2.05) is 11.6 Å². The van der Waals surface area contributed by atoms with Crippen LogP contribution in [0.1, 0.15) is 24.1 Å². The molecule has 0 fully saturated rings. The summed E-state index contributed by atoms with van der Waals surface area (Å²) in [7, 11) is 0. The summed E-state index contributed by atoms with van der Waals surface area (Å²) in [5.74, 6) is 0.564. The van der Waals surface area contributed by atoms with E-state index < -0.39 is 0 Å². The molecule has 0 aliphatic rings. The lowest BCUT2D eigenvalue weighted by atomic mass is 10.1. The third-order valence-corrected chi connectivity index (χ3v) is 3.21. The van der Waals surface area contributed by atoms with E-state index in [0.29, 0.717) is 11.2 Å². The number of thiazole rings is 1. The summed E-state index contributed by atoms with van der Waals surface area (Å²) < 4.78 is 0. The van der Waals surface area contributed by atoms with E-state index in [4.69, 9.17) is 0 Å². The van der Waals surface area contributed by atoms with Crippen LogP contribution in [0.2, 0.25) is 0 Å². The monoisotopic (exact) mass is 173 g/mol. The van der Waals surface area contributed by atoms with E-state index in [-0.39, 0.29) is 0 Å². The topological polar surface area (TPSA) is 12.9 Å². The highest BCUT2D eigenvalue weighted by Crippen LogP contribution is 2.28. The van der Waals surface area contributed by atoms with Crippen molar-refractivity contribution in [3.05, 3.63) is 16.6 Å². The van der Waals surface area contributed by atoms with E-state index in [0.717, 1.165) is 5.01 Å². The molecular formula is C7H11NS2. The van der Waals surface area contributed by atoms with Gasteiger partial charge in [-0.25, -0.2) is 4.98 Å². The van der Waals surface area contributed by atoms with Crippen LogP contribution in [0, 0.1) is 5.92 Å². The van der Waals surface area contributed by atoms with Crippen LogP contribution in [0.15, 0.2) is 11.6 Å². The molecule has 0 radical (unpaired) electrons. The van der Waals surface area contributed by atoms with Crippen molar-refractivity contribution in [2.75, 3.05) is 0 Å². The van der Waals surface area contributed by atoms with Crippen molar-refractivity contribution >= 4 is 24.0 Å². The van der Waals surface area contributed by atoms with Gasteiger partial charge in [0.25, 0.3) is 0 Å². The van der Waals surface area contributed by atoms with Crippen molar-refractivity contribution < 1.29 is 0 Å². The molecule has 10 heavy (non-hydrogen) atoms. The molecule has 0 saturated carbocycles. The van der Waals surface area contributed by atoms with Gasteiger partial charge in [0, 0.05) is 11.6 Å². The molecule has 0 aromatic carbocycles. The lowest BCUT2D eigenvalue weighted by Crippen LogP contribution is -1.97. The third-order valence-electron chi connectivity index (χ3n) is 1.34. The second-order valence-corrected chi connectivity index (χ2v) is 4.04. The predicted molar refractivity (Wildman–Crippen MR) is 48.7 cm³/mol. The average molecular weight is 173 g/mol. The number of thiol groups is 1. The number of nitrogens with zero attached hydrogens (tertiary/aromatic N) is 1. The smallest absolute Gasteiger partial charge is 0.105 e. The molecule has 3 heteroatoms. The number of rotatable bonds is 2. The van der Waals surface area contributed by atoms with Crippen molar-refractivity contribution in [1.29, 1.82) is 0 Å². The van der Waals surface area contributed by atoms with Gasteiger partial charge in [-0.1, -0.05) is 13.8 Å². The van der Waals surface area contributed by atoms with Gasteiger partial charge in [0.05, 0.1) is 5.25 Å². The van der Waals surface area contributed by atoms with Gasteiger partial charge in [-0.05, 0) is 5.92 Å². The van der Waals surface area contributed by atoms with Gasteiger partial charge >= 0.3 is 0 Å². The molecule has 0 bridgehead atoms. The molecule has 0 saturated heterocycles. The summed E-state index contributed by atoms with van der Waals surface area (Å²) in [4.78, 5) is 4.18. The fraction of sp³-hybridized carbons (Fsp3) is 0.571. The van der Waals surface area contributed by atoms with Gasteiger partial charge < -0.3 is 0 Å². The van der Waals surface area contributed by atoms with Gasteiger partial charge in [0.1, 0.15) is 5.01 Å². The maximum atomic E-state index is 4.43. The van der Waals surface area contributed by atoms with Crippen molar-refractivity contribution in [2.45, 2.75) is 19.1 Å². The highest BCUT2D eigenvalue weighted by molar-refractivity contribution is 7.80. The Hall–Kier alpha value is -0.0200. The van der Waals surface area contributed by atoms with E-state index in [1.54, 1.807) is 11.3 Å². The first-order valence-electron chi connectivity index (χ1n) is 3.29. The number of aromatic nitrogens is 1. The largest absolute Gasteiger partial charge is 0.249 e. The standard InChI is InChI=1S/C7H11NS2/c1-5(2)6(9)7-8-3-4-10-7/h3-6,9H,1-2H3. The van der Waals surface area contributed by atoms with Gasteiger partial charge in [0.15, 0.2) is 0 Å². The zero-order chi connectivity index (χ0) is 7.56. The van der Waals surface area contributed by atoms with Crippen molar-refractivity contribution in [1.82, 2.24) is 4.98 Å². The van der Waals surface area contributed by atoms with Gasteiger partial charge in [-0.2, -0.15) is 12.6 Å². The first-order chi connectivity index (χ1) is 4.72. The van der Waals surface area contributed by atoms with E-state index in [9.17, 15) is 0 Å². The molecule has 1 atom stereocenters. The second-order valence-electron chi connectivity index (χ2n) is 2.56. The molecule has 0 N–H and O–H groups in total. The number of hydrogen-bond acceptors (Lipinski definition) is 3. The molecular weight excluding hydrogens is 162 g/mol. The van der Waals surface area contributed by atoms with Crippen molar-refractivity contribution in [3.8, 4) is 0 Å². The van der Waals surface area contributed by atoms with E-state index >= 15 is 0 Å². The predicted octanol–water partition coefficient (Wildman–Crippen LogP) is 2.77. The molecule has 0 aliphatic heterocycles. The van der Waals surface area contributed by atoms with Crippen LogP contribution in [0.4, 0.5) is 0 Å². The molecule has 1 aromatic heterocycles. The van der Waals surface area contributed by atoms with Crippen LogP contribution in [-0.2, 0) is 0 Å². The van der Waals surface area contributed by atoms with Gasteiger partial charge in [-0.3, -0.25) is 0 Å². The molecule has 1 aromatic rings. The lowest BCUT2D eigenvalue weighted by Gasteiger charge is -2.09. The Morgan fingerprint density at radius 2 is 2.30 bits per heavy atom. The van der Waals surface area contributed by atoms with Crippen LogP contribution in [0.25, 0.3) is 0 Å². The average Bonchev–Trinajstić information content (AvgIpc) is 2.36. The van der Waals surface area contributed by atoms with Crippen molar-refractivity contribution in [2.24, 2.45) is 5.92 Å². The maximum absolute atomic E-state index is 4.43. The van der Waals surface area contributed by atoms with Crippen LogP contribution in [0.3, 0.4) is 0 Å². The molecule has 0 amide bonds. The molecule has 1 nitrogen and oxygen atoms in total. The molecule has 1 unspecified atom stereocenters. The van der Waals surface area contributed by atoms with E-state index in [2.05, 4.69) is 31.5 Å². The Kier molecular flexibility index (Phi) is 2.74. The first kappa shape index (κ1) is 8.08. The van der Waals surface area contributed by atoms with Crippen molar-refractivity contribution in [3.63, 3.8) is 0 Å². The van der Waals surface area contributed by atoms with Crippen LogP contribution < -0.4 is 0 Å². The minimum Gasteiger partial charge on any atom is -0.249 e. The third kappa shape index (κ3) is 1.73. The van der Waals surface area contributed by atoms with Gasteiger partial charge in [0.2, 0.25) is 0 Å². The zero-order valence-electron chi connectivity index (χ0n) is 6.11. The highest BCUT2D eigenvalue weighted by Gasteiger charge is 2.12. The van der Waals surface area contributed by atoms with Crippen LogP contribution in [-0.4, -0.2) is 4.98 Å². The van der Waals surface area contributed by atoms with Crippen LogP contribution in [0.5, 0.6) is 0 Å². The fourth-order valence-electron chi connectivity index (χ4n) is 0.666. The summed E-state index contributed by atoms with van der Waals surface area (Å²) in [5, 5.41) is 3.42. The SMILES string of the molecule is CC(C)C(S)c1nccs1. The minimum absolute atomic E-state index is 0.306. The summed E-state index contributed by atoms with van der Waals surface area (Å²) in [6, 6.07) is 0. The summed E-state index contributed by atoms with van der Waals surface area (Å²) in [6.45, 7) is 4.30. The van der Waals surface area contributed by atoms with Crippen LogP contribution >= 0.6 is 24.0 Å². The normalized spacial score (nSPS) is 14.0. The second kappa shape index (κ2) is 3.39. The number of hydrogen-bond donors (Lipinski definition) is 1. The van der Waals surface area contributed by atoms with E-state index in [1.165, 1.54) is 0 Å². The maximum Gasteiger partial charge on any atom is 0.105 e. The quantitative estimate of drug-likeness (QED) is 0.679. The minimum atomic E-state index is 0.306. The molecule has 1 heterocycles. The summed E-state index contributed by atoms with van der Waals surface area (Å²) in [6.07, 6.45) is 1.82. The zero-order valence-corrected chi connectivity index (χ0v) is 7.82. The Morgan fingerprint density at radius 1 is 1.60 bits per heavy atom. The molecule has 0 aliphatic carbocycles. The summed E-state index contributed by atoms with van der Waals surface area (Å²) in [5.41, 5.74) is 0. The Bertz CT molecular complexity index is 181. The first-order valence-corrected chi connectivity index (χ1v) is 4.69. The van der Waals surface area contributed by atoms with Gasteiger partial charge in [-0.15, -0.1) is 11.3 Å². The molecule has 1 rings (SSSR count). The Balaban J connectivity index is 2.68. The summed E-state index contributed by atoms with van der Waals surface area (Å²) >= 11 is 6.10. The highest BCUT2D eigenvalue weighted by atomic mass is 32.1. The lowest BCUT2D eigenvalue weighted by molar-refractivity contribution is 0.633.